The maximum absolute atomic E-state index is 12.1. The van der Waals surface area contributed by atoms with E-state index in [9.17, 15) is 9.59 Å². The lowest BCUT2D eigenvalue weighted by atomic mass is 10.2. The molecule has 0 aromatic heterocycles. The molecule has 138 valence electrons. The molecule has 1 atom stereocenters. The van der Waals surface area contributed by atoms with E-state index in [1.165, 1.54) is 38.8 Å². The van der Waals surface area contributed by atoms with Crippen LogP contribution < -0.4 is 10.6 Å². The predicted octanol–water partition coefficient (Wildman–Crippen LogP) is 2.95. The molecule has 1 aliphatic heterocycles. The van der Waals surface area contributed by atoms with Crippen molar-refractivity contribution in [2.24, 2.45) is 0 Å². The minimum Gasteiger partial charge on any atom is -0.354 e. The van der Waals surface area contributed by atoms with Gasteiger partial charge in [0.1, 0.15) is 6.04 Å². The molecule has 1 heterocycles. The zero-order chi connectivity index (χ0) is 18.1. The van der Waals surface area contributed by atoms with E-state index < -0.39 is 6.04 Å². The van der Waals surface area contributed by atoms with Crippen molar-refractivity contribution in [3.05, 3.63) is 34.3 Å². The molecular weight excluding hydrogens is 382 g/mol. The summed E-state index contributed by atoms with van der Waals surface area (Å²) in [6, 6.07) is 6.52. The van der Waals surface area contributed by atoms with Crippen LogP contribution in [0.15, 0.2) is 28.7 Å². The number of amides is 2. The topological polar surface area (TPSA) is 61.4 Å². The lowest BCUT2D eigenvalue weighted by Gasteiger charge is -2.20. The number of likely N-dealkylation sites (tertiary alicyclic amines) is 1. The quantitative estimate of drug-likeness (QED) is 0.680. The Morgan fingerprint density at radius 1 is 1.12 bits per heavy atom. The summed E-state index contributed by atoms with van der Waals surface area (Å²) in [7, 11) is 0. The Bertz CT molecular complexity index is 554. The smallest absolute Gasteiger partial charge is 0.251 e. The molecule has 1 fully saturated rings. The van der Waals surface area contributed by atoms with Gasteiger partial charge in [0.2, 0.25) is 5.91 Å². The number of nitrogens with zero attached hydrogens (tertiary/aromatic N) is 1. The van der Waals surface area contributed by atoms with Gasteiger partial charge in [0, 0.05) is 16.6 Å². The molecule has 0 saturated carbocycles. The van der Waals surface area contributed by atoms with Crippen molar-refractivity contribution < 1.29 is 9.59 Å². The Labute approximate surface area is 158 Å². The van der Waals surface area contributed by atoms with E-state index in [-0.39, 0.29) is 11.8 Å². The first-order chi connectivity index (χ1) is 12.1. The molecule has 1 aromatic rings. The van der Waals surface area contributed by atoms with Crippen LogP contribution in [-0.4, -0.2) is 48.9 Å². The highest BCUT2D eigenvalue weighted by Crippen LogP contribution is 2.11. The van der Waals surface area contributed by atoms with Crippen molar-refractivity contribution in [1.82, 2.24) is 15.5 Å². The Balaban J connectivity index is 1.65. The van der Waals surface area contributed by atoms with Crippen LogP contribution in [0.25, 0.3) is 0 Å². The summed E-state index contributed by atoms with van der Waals surface area (Å²) >= 11 is 3.34. The van der Waals surface area contributed by atoms with Gasteiger partial charge in [-0.25, -0.2) is 0 Å². The van der Waals surface area contributed by atoms with Crippen LogP contribution in [0.3, 0.4) is 0 Å². The number of benzene rings is 1. The first-order valence-corrected chi connectivity index (χ1v) is 9.92. The van der Waals surface area contributed by atoms with Crippen molar-refractivity contribution in [2.45, 2.75) is 45.1 Å². The molecule has 0 unspecified atom stereocenters. The Hall–Kier alpha value is -1.40. The second-order valence-electron chi connectivity index (χ2n) is 6.60. The second-order valence-corrected chi connectivity index (χ2v) is 7.52. The van der Waals surface area contributed by atoms with Gasteiger partial charge < -0.3 is 15.5 Å². The molecule has 1 aromatic carbocycles. The number of rotatable bonds is 7. The highest BCUT2D eigenvalue weighted by molar-refractivity contribution is 9.10. The third kappa shape index (κ3) is 7.16. The van der Waals surface area contributed by atoms with E-state index in [0.717, 1.165) is 17.4 Å². The summed E-state index contributed by atoms with van der Waals surface area (Å²) in [5.41, 5.74) is 0.545. The van der Waals surface area contributed by atoms with Crippen LogP contribution in [0.5, 0.6) is 0 Å². The van der Waals surface area contributed by atoms with Crippen LogP contribution in [0.2, 0.25) is 0 Å². The highest BCUT2D eigenvalue weighted by Gasteiger charge is 2.16. The number of halogens is 1. The molecule has 5 nitrogen and oxygen atoms in total. The molecule has 1 saturated heterocycles. The molecule has 0 bridgehead atoms. The molecule has 2 N–H and O–H groups in total. The van der Waals surface area contributed by atoms with Gasteiger partial charge in [-0.2, -0.15) is 0 Å². The molecule has 6 heteroatoms. The summed E-state index contributed by atoms with van der Waals surface area (Å²) < 4.78 is 0.916. The summed E-state index contributed by atoms with van der Waals surface area (Å²) in [4.78, 5) is 26.7. The second kappa shape index (κ2) is 10.6. The van der Waals surface area contributed by atoms with Crippen LogP contribution in [0, 0.1) is 0 Å². The number of carbonyl (C=O) groups is 2. The molecule has 2 amide bonds. The Morgan fingerprint density at radius 2 is 1.76 bits per heavy atom. The fraction of sp³-hybridized carbons (Fsp3) is 0.579. The fourth-order valence-electron chi connectivity index (χ4n) is 2.97. The normalized spacial score (nSPS) is 16.7. The molecule has 2 rings (SSSR count). The van der Waals surface area contributed by atoms with Gasteiger partial charge in [-0.1, -0.05) is 28.8 Å². The number of carbonyl (C=O) groups excluding carboxylic acids is 2. The lowest BCUT2D eigenvalue weighted by Crippen LogP contribution is -2.45. The first kappa shape index (κ1) is 19.9. The zero-order valence-corrected chi connectivity index (χ0v) is 16.5. The molecule has 0 spiro atoms. The van der Waals surface area contributed by atoms with Crippen LogP contribution in [0.1, 0.15) is 49.4 Å². The third-order valence-electron chi connectivity index (χ3n) is 4.50. The Kier molecular flexibility index (Phi) is 8.41. The van der Waals surface area contributed by atoms with E-state index in [0.29, 0.717) is 12.1 Å². The fourth-order valence-corrected chi connectivity index (χ4v) is 3.24. The van der Waals surface area contributed by atoms with Gasteiger partial charge in [-0.3, -0.25) is 9.59 Å². The monoisotopic (exact) mass is 409 g/mol. The maximum atomic E-state index is 12.1. The van der Waals surface area contributed by atoms with Crippen molar-refractivity contribution >= 4 is 27.7 Å². The number of hydrogen-bond donors (Lipinski definition) is 2. The van der Waals surface area contributed by atoms with Crippen LogP contribution in [-0.2, 0) is 4.79 Å². The summed E-state index contributed by atoms with van der Waals surface area (Å²) in [5.74, 6) is -0.374. The van der Waals surface area contributed by atoms with Gasteiger partial charge in [0.25, 0.3) is 5.91 Å². The minimum absolute atomic E-state index is 0.138. The SMILES string of the molecule is C[C@@H](NC(=O)c1ccc(Br)cc1)C(=O)NCCCN1CCCCCC1. The van der Waals surface area contributed by atoms with Gasteiger partial charge in [0.15, 0.2) is 0 Å². The highest BCUT2D eigenvalue weighted by atomic mass is 79.9. The van der Waals surface area contributed by atoms with Crippen molar-refractivity contribution in [1.29, 1.82) is 0 Å². The summed E-state index contributed by atoms with van der Waals surface area (Å²) in [6.07, 6.45) is 6.18. The standard InChI is InChI=1S/C19H28BrN3O2/c1-15(22-19(25)16-7-9-17(20)10-8-16)18(24)21-11-6-14-23-12-4-2-3-5-13-23/h7-10,15H,2-6,11-14H2,1H3,(H,21,24)(H,22,25)/t15-/m1/s1. The third-order valence-corrected chi connectivity index (χ3v) is 5.02. The minimum atomic E-state index is -0.547. The average Bonchev–Trinajstić information content (AvgIpc) is 2.87. The van der Waals surface area contributed by atoms with Gasteiger partial charge in [-0.15, -0.1) is 0 Å². The largest absolute Gasteiger partial charge is 0.354 e. The van der Waals surface area contributed by atoms with E-state index in [2.05, 4.69) is 31.5 Å². The molecule has 1 aliphatic rings. The van der Waals surface area contributed by atoms with Crippen LogP contribution >= 0.6 is 15.9 Å². The average molecular weight is 410 g/mol. The predicted molar refractivity (Wildman–Crippen MR) is 104 cm³/mol. The van der Waals surface area contributed by atoms with E-state index in [1.807, 2.05) is 12.1 Å². The zero-order valence-electron chi connectivity index (χ0n) is 14.9. The Morgan fingerprint density at radius 3 is 2.40 bits per heavy atom. The van der Waals surface area contributed by atoms with E-state index in [4.69, 9.17) is 0 Å². The number of hydrogen-bond acceptors (Lipinski definition) is 3. The van der Waals surface area contributed by atoms with E-state index >= 15 is 0 Å². The molecule has 0 aliphatic carbocycles. The molecule has 0 radical (unpaired) electrons. The van der Waals surface area contributed by atoms with Crippen LogP contribution in [0.4, 0.5) is 0 Å². The van der Waals surface area contributed by atoms with Crippen molar-refractivity contribution in [3.63, 3.8) is 0 Å². The van der Waals surface area contributed by atoms with Gasteiger partial charge in [-0.05, 0) is 70.1 Å². The van der Waals surface area contributed by atoms with Gasteiger partial charge >= 0.3 is 0 Å². The molecule has 25 heavy (non-hydrogen) atoms. The molecular formula is C19H28BrN3O2. The maximum Gasteiger partial charge on any atom is 0.251 e. The lowest BCUT2D eigenvalue weighted by molar-refractivity contribution is -0.122. The van der Waals surface area contributed by atoms with Crippen molar-refractivity contribution in [3.8, 4) is 0 Å². The van der Waals surface area contributed by atoms with Crippen molar-refractivity contribution in [2.75, 3.05) is 26.2 Å². The summed E-state index contributed by atoms with van der Waals surface area (Å²) in [6.45, 7) is 5.73. The van der Waals surface area contributed by atoms with E-state index in [1.54, 1.807) is 19.1 Å². The summed E-state index contributed by atoms with van der Waals surface area (Å²) in [5, 5.41) is 5.65. The number of nitrogens with one attached hydrogen (secondary N) is 2. The van der Waals surface area contributed by atoms with Gasteiger partial charge in [0.05, 0.1) is 0 Å². The first-order valence-electron chi connectivity index (χ1n) is 9.13.